The lowest BCUT2D eigenvalue weighted by Crippen LogP contribution is -2.01. The van der Waals surface area contributed by atoms with Gasteiger partial charge in [-0.15, -0.1) is 0 Å². The topological polar surface area (TPSA) is 64.4 Å². The molecule has 0 saturated heterocycles. The molecule has 0 aliphatic carbocycles. The van der Waals surface area contributed by atoms with Gasteiger partial charge in [-0.2, -0.15) is 14.9 Å². The minimum absolute atomic E-state index is 0.204. The van der Waals surface area contributed by atoms with Crippen molar-refractivity contribution < 1.29 is 9.47 Å². The van der Waals surface area contributed by atoms with Crippen LogP contribution in [0.25, 0.3) is 0 Å². The molecule has 0 fully saturated rings. The number of rotatable bonds is 7. The maximum Gasteiger partial charge on any atom is 0.216 e. The Labute approximate surface area is 176 Å². The van der Waals surface area contributed by atoms with E-state index in [1.807, 2.05) is 32.0 Å². The van der Waals surface area contributed by atoms with Crippen molar-refractivity contribution in [2.45, 2.75) is 40.2 Å². The second-order valence-corrected chi connectivity index (χ2v) is 7.68. The van der Waals surface area contributed by atoms with Gasteiger partial charge in [-0.3, -0.25) is 5.10 Å². The predicted octanol–water partition coefficient (Wildman–Crippen LogP) is 5.15. The zero-order valence-corrected chi connectivity index (χ0v) is 18.2. The largest absolute Gasteiger partial charge is 0.493 e. The third kappa shape index (κ3) is 5.12. The van der Waals surface area contributed by atoms with Crippen molar-refractivity contribution in [3.8, 4) is 11.5 Å². The van der Waals surface area contributed by atoms with Crippen molar-refractivity contribution in [2.75, 3.05) is 7.11 Å². The summed E-state index contributed by atoms with van der Waals surface area (Å²) in [5.74, 6) is 2.33. The molecule has 1 heterocycles. The molecule has 0 radical (unpaired) electrons. The van der Waals surface area contributed by atoms with Crippen molar-refractivity contribution >= 4 is 18.4 Å². The monoisotopic (exact) mass is 410 g/mol. The molecule has 0 saturated carbocycles. The first-order valence-electron chi connectivity index (χ1n) is 9.47. The summed E-state index contributed by atoms with van der Waals surface area (Å²) in [7, 11) is 1.63. The number of nitrogens with zero attached hydrogens (tertiary/aromatic N) is 3. The third-order valence-corrected chi connectivity index (χ3v) is 4.64. The van der Waals surface area contributed by atoms with E-state index in [2.05, 4.69) is 47.3 Å². The van der Waals surface area contributed by atoms with E-state index in [-0.39, 0.29) is 5.92 Å². The SMILES string of the molecule is COc1cc(/C=N\n2c(C(C)C)n[nH]c2=S)ccc1OCc1cc(C)cc(C)c1. The molecule has 29 heavy (non-hydrogen) atoms. The molecule has 0 aliphatic heterocycles. The number of nitrogens with one attached hydrogen (secondary N) is 1. The van der Waals surface area contributed by atoms with E-state index in [0.29, 0.717) is 22.9 Å². The fourth-order valence-corrected chi connectivity index (χ4v) is 3.30. The fourth-order valence-electron chi connectivity index (χ4n) is 3.11. The number of hydrogen-bond donors (Lipinski definition) is 1. The second kappa shape index (κ2) is 9.05. The average Bonchev–Trinajstić information content (AvgIpc) is 3.05. The smallest absolute Gasteiger partial charge is 0.216 e. The molecule has 0 spiro atoms. The van der Waals surface area contributed by atoms with E-state index in [0.717, 1.165) is 17.0 Å². The van der Waals surface area contributed by atoms with E-state index in [9.17, 15) is 0 Å². The standard InChI is InChI=1S/C22H26N4O2S/c1-14(2)21-24-25-22(29)26(21)23-12-17-6-7-19(20(11-17)27-5)28-13-18-9-15(3)8-16(4)10-18/h6-12,14H,13H2,1-5H3,(H,25,29)/b23-12-. The summed E-state index contributed by atoms with van der Waals surface area (Å²) in [5.41, 5.74) is 4.45. The summed E-state index contributed by atoms with van der Waals surface area (Å²) >= 11 is 5.26. The zero-order chi connectivity index (χ0) is 21.0. The van der Waals surface area contributed by atoms with Gasteiger partial charge in [0.25, 0.3) is 0 Å². The van der Waals surface area contributed by atoms with E-state index >= 15 is 0 Å². The summed E-state index contributed by atoms with van der Waals surface area (Å²) in [6.07, 6.45) is 1.73. The molecule has 6 nitrogen and oxygen atoms in total. The van der Waals surface area contributed by atoms with Crippen LogP contribution in [0.3, 0.4) is 0 Å². The van der Waals surface area contributed by atoms with Gasteiger partial charge in [0.15, 0.2) is 17.3 Å². The Hall–Kier alpha value is -2.93. The van der Waals surface area contributed by atoms with Gasteiger partial charge in [0.2, 0.25) is 4.77 Å². The summed E-state index contributed by atoms with van der Waals surface area (Å²) in [6, 6.07) is 12.1. The Bertz CT molecular complexity index is 1060. The quantitative estimate of drug-likeness (QED) is 0.432. The number of aryl methyl sites for hydroxylation is 2. The first-order chi connectivity index (χ1) is 13.9. The molecule has 1 N–H and O–H groups in total. The molecule has 0 bridgehead atoms. The molecular weight excluding hydrogens is 384 g/mol. The van der Waals surface area contributed by atoms with Crippen molar-refractivity contribution in [3.05, 3.63) is 69.2 Å². The highest BCUT2D eigenvalue weighted by Gasteiger charge is 2.10. The molecule has 3 aromatic rings. The second-order valence-electron chi connectivity index (χ2n) is 7.29. The highest BCUT2D eigenvalue weighted by Crippen LogP contribution is 2.28. The van der Waals surface area contributed by atoms with E-state index < -0.39 is 0 Å². The number of methoxy groups -OCH3 is 1. The number of ether oxygens (including phenoxy) is 2. The van der Waals surface area contributed by atoms with Crippen LogP contribution in [0.2, 0.25) is 0 Å². The predicted molar refractivity (Wildman–Crippen MR) is 118 cm³/mol. The number of aromatic amines is 1. The van der Waals surface area contributed by atoms with Crippen LogP contribution < -0.4 is 9.47 Å². The third-order valence-electron chi connectivity index (χ3n) is 4.38. The molecule has 152 valence electrons. The van der Waals surface area contributed by atoms with Crippen LogP contribution in [0, 0.1) is 18.6 Å². The highest BCUT2D eigenvalue weighted by atomic mass is 32.1. The first kappa shape index (κ1) is 20.8. The Morgan fingerprint density at radius 1 is 1.14 bits per heavy atom. The van der Waals surface area contributed by atoms with Crippen molar-refractivity contribution in [3.63, 3.8) is 0 Å². The summed E-state index contributed by atoms with van der Waals surface area (Å²) in [6.45, 7) is 8.74. The number of benzene rings is 2. The molecule has 1 aromatic heterocycles. The maximum absolute atomic E-state index is 5.99. The number of H-pyrrole nitrogens is 1. The Morgan fingerprint density at radius 2 is 1.86 bits per heavy atom. The molecule has 0 atom stereocenters. The van der Waals surface area contributed by atoms with Crippen LogP contribution in [0.1, 0.15) is 47.8 Å². The molecule has 2 aromatic carbocycles. The summed E-state index contributed by atoms with van der Waals surface area (Å²) < 4.78 is 13.6. The fraction of sp³-hybridized carbons (Fsp3) is 0.318. The first-order valence-corrected chi connectivity index (χ1v) is 9.88. The minimum Gasteiger partial charge on any atom is -0.493 e. The van der Waals surface area contributed by atoms with E-state index in [4.69, 9.17) is 21.7 Å². The van der Waals surface area contributed by atoms with Gasteiger partial charge in [-0.25, -0.2) is 0 Å². The highest BCUT2D eigenvalue weighted by molar-refractivity contribution is 7.71. The molecule has 0 unspecified atom stereocenters. The van der Waals surface area contributed by atoms with Gasteiger partial charge >= 0.3 is 0 Å². The van der Waals surface area contributed by atoms with Crippen LogP contribution >= 0.6 is 12.2 Å². The van der Waals surface area contributed by atoms with Gasteiger partial charge in [-0.1, -0.05) is 43.2 Å². The van der Waals surface area contributed by atoms with Crippen LogP contribution in [0.4, 0.5) is 0 Å². The Morgan fingerprint density at radius 3 is 2.52 bits per heavy atom. The molecule has 3 rings (SSSR count). The van der Waals surface area contributed by atoms with Crippen LogP contribution in [0.15, 0.2) is 41.5 Å². The molecule has 7 heteroatoms. The number of aromatic nitrogens is 3. The lowest BCUT2D eigenvalue weighted by atomic mass is 10.1. The van der Waals surface area contributed by atoms with Gasteiger partial charge in [-0.05, 0) is 55.4 Å². The lowest BCUT2D eigenvalue weighted by molar-refractivity contribution is 0.284. The van der Waals surface area contributed by atoms with Crippen molar-refractivity contribution in [2.24, 2.45) is 5.10 Å². The van der Waals surface area contributed by atoms with Gasteiger partial charge in [0.05, 0.1) is 13.3 Å². The summed E-state index contributed by atoms with van der Waals surface area (Å²) in [4.78, 5) is 0. The lowest BCUT2D eigenvalue weighted by Gasteiger charge is -2.12. The normalized spacial score (nSPS) is 11.4. The molecular formula is C22H26N4O2S. The Kier molecular flexibility index (Phi) is 6.49. The number of hydrogen-bond acceptors (Lipinski definition) is 5. The van der Waals surface area contributed by atoms with Crippen LogP contribution in [0.5, 0.6) is 11.5 Å². The zero-order valence-electron chi connectivity index (χ0n) is 17.4. The van der Waals surface area contributed by atoms with Crippen LogP contribution in [-0.4, -0.2) is 28.2 Å². The average molecular weight is 411 g/mol. The maximum atomic E-state index is 5.99. The molecule has 0 amide bonds. The van der Waals surface area contributed by atoms with Crippen molar-refractivity contribution in [1.82, 2.24) is 14.9 Å². The van der Waals surface area contributed by atoms with Crippen molar-refractivity contribution in [1.29, 1.82) is 0 Å². The van der Waals surface area contributed by atoms with E-state index in [1.165, 1.54) is 11.1 Å². The minimum atomic E-state index is 0.204. The van der Waals surface area contributed by atoms with Gasteiger partial charge in [0.1, 0.15) is 6.61 Å². The Balaban J connectivity index is 1.78. The van der Waals surface area contributed by atoms with Crippen LogP contribution in [-0.2, 0) is 6.61 Å². The molecule has 0 aliphatic rings. The van der Waals surface area contributed by atoms with Gasteiger partial charge in [0, 0.05) is 5.92 Å². The van der Waals surface area contributed by atoms with E-state index in [1.54, 1.807) is 18.0 Å². The summed E-state index contributed by atoms with van der Waals surface area (Å²) in [5, 5.41) is 11.5. The van der Waals surface area contributed by atoms with Gasteiger partial charge < -0.3 is 9.47 Å².